The molecule has 0 aromatic carbocycles. The van der Waals surface area contributed by atoms with Crippen LogP contribution in [0.5, 0.6) is 0 Å². The van der Waals surface area contributed by atoms with E-state index in [1.165, 1.54) is 5.69 Å². The molecule has 6 heteroatoms. The lowest BCUT2D eigenvalue weighted by Gasteiger charge is -1.98. The second kappa shape index (κ2) is 3.71. The standard InChI is InChI=1S/C10H13N5O/c1-7-12-13-10(16-7)9-5-8-6-11-3-2-4-15(8)14-9/h5,11H,2-4,6H2,1H3. The van der Waals surface area contributed by atoms with Crippen molar-refractivity contribution in [2.45, 2.75) is 26.4 Å². The van der Waals surface area contributed by atoms with E-state index in [1.807, 2.05) is 10.7 Å². The van der Waals surface area contributed by atoms with Gasteiger partial charge in [-0.15, -0.1) is 10.2 Å². The summed E-state index contributed by atoms with van der Waals surface area (Å²) in [5.74, 6) is 1.06. The molecule has 1 aliphatic rings. The minimum atomic E-state index is 0.498. The molecule has 0 atom stereocenters. The maximum Gasteiger partial charge on any atom is 0.268 e. The molecule has 2 aromatic heterocycles. The Balaban J connectivity index is 1.98. The van der Waals surface area contributed by atoms with Gasteiger partial charge in [0.15, 0.2) is 0 Å². The first-order chi connectivity index (χ1) is 7.83. The van der Waals surface area contributed by atoms with Gasteiger partial charge in [-0.2, -0.15) is 5.10 Å². The Morgan fingerprint density at radius 2 is 2.38 bits per heavy atom. The van der Waals surface area contributed by atoms with Gasteiger partial charge in [0.05, 0.1) is 5.69 Å². The zero-order valence-corrected chi connectivity index (χ0v) is 9.10. The van der Waals surface area contributed by atoms with E-state index in [1.54, 1.807) is 6.92 Å². The van der Waals surface area contributed by atoms with Crippen molar-refractivity contribution >= 4 is 0 Å². The Labute approximate surface area is 92.7 Å². The maximum atomic E-state index is 5.36. The SMILES string of the molecule is Cc1nnc(-c2cc3n(n2)CCCNC3)o1. The molecule has 0 amide bonds. The summed E-state index contributed by atoms with van der Waals surface area (Å²) >= 11 is 0. The second-order valence-corrected chi connectivity index (χ2v) is 3.90. The summed E-state index contributed by atoms with van der Waals surface area (Å²) in [5.41, 5.74) is 1.93. The summed E-state index contributed by atoms with van der Waals surface area (Å²) in [6.07, 6.45) is 1.09. The zero-order chi connectivity index (χ0) is 11.0. The topological polar surface area (TPSA) is 68.8 Å². The fraction of sp³-hybridized carbons (Fsp3) is 0.500. The molecule has 0 radical (unpaired) electrons. The first-order valence-electron chi connectivity index (χ1n) is 5.41. The Kier molecular flexibility index (Phi) is 2.21. The lowest BCUT2D eigenvalue weighted by atomic mass is 10.3. The minimum absolute atomic E-state index is 0.498. The van der Waals surface area contributed by atoms with Crippen LogP contribution >= 0.6 is 0 Å². The van der Waals surface area contributed by atoms with Crippen molar-refractivity contribution in [3.05, 3.63) is 17.7 Å². The zero-order valence-electron chi connectivity index (χ0n) is 9.10. The summed E-state index contributed by atoms with van der Waals surface area (Å²) in [5, 5.41) is 15.6. The van der Waals surface area contributed by atoms with Gasteiger partial charge >= 0.3 is 0 Å². The number of aryl methyl sites for hydroxylation is 2. The van der Waals surface area contributed by atoms with Gasteiger partial charge < -0.3 is 9.73 Å². The van der Waals surface area contributed by atoms with Gasteiger partial charge in [0.1, 0.15) is 5.69 Å². The highest BCUT2D eigenvalue weighted by atomic mass is 16.4. The third-order valence-electron chi connectivity index (χ3n) is 2.64. The van der Waals surface area contributed by atoms with E-state index < -0.39 is 0 Å². The number of hydrogen-bond donors (Lipinski definition) is 1. The number of fused-ring (bicyclic) bond motifs is 1. The Morgan fingerprint density at radius 3 is 3.19 bits per heavy atom. The van der Waals surface area contributed by atoms with Crippen LogP contribution in [-0.4, -0.2) is 26.5 Å². The Hall–Kier alpha value is -1.69. The van der Waals surface area contributed by atoms with Crippen molar-refractivity contribution in [3.8, 4) is 11.6 Å². The van der Waals surface area contributed by atoms with Gasteiger partial charge in [-0.1, -0.05) is 0 Å². The summed E-state index contributed by atoms with van der Waals surface area (Å²) in [7, 11) is 0. The number of nitrogens with one attached hydrogen (secondary N) is 1. The van der Waals surface area contributed by atoms with Gasteiger partial charge in [0, 0.05) is 20.0 Å². The van der Waals surface area contributed by atoms with Gasteiger partial charge in [0.2, 0.25) is 5.89 Å². The quantitative estimate of drug-likeness (QED) is 0.766. The van der Waals surface area contributed by atoms with E-state index in [2.05, 4.69) is 20.6 Å². The third-order valence-corrected chi connectivity index (χ3v) is 2.64. The molecule has 2 aromatic rings. The molecular weight excluding hydrogens is 206 g/mol. The molecule has 0 saturated heterocycles. The summed E-state index contributed by atoms with van der Waals surface area (Å²) in [6.45, 7) is 4.60. The van der Waals surface area contributed by atoms with Crippen molar-refractivity contribution in [2.24, 2.45) is 0 Å². The van der Waals surface area contributed by atoms with Crippen molar-refractivity contribution in [1.82, 2.24) is 25.3 Å². The highest BCUT2D eigenvalue weighted by molar-refractivity contribution is 5.46. The van der Waals surface area contributed by atoms with E-state index in [9.17, 15) is 0 Å². The van der Waals surface area contributed by atoms with Crippen molar-refractivity contribution in [2.75, 3.05) is 6.54 Å². The monoisotopic (exact) mass is 219 g/mol. The predicted molar refractivity (Wildman–Crippen MR) is 56.6 cm³/mol. The fourth-order valence-electron chi connectivity index (χ4n) is 1.87. The molecule has 6 nitrogen and oxygen atoms in total. The van der Waals surface area contributed by atoms with Gasteiger partial charge in [0.25, 0.3) is 5.89 Å². The van der Waals surface area contributed by atoms with Crippen LogP contribution in [0, 0.1) is 6.92 Å². The molecule has 1 aliphatic heterocycles. The fourth-order valence-corrected chi connectivity index (χ4v) is 1.87. The van der Waals surface area contributed by atoms with Crippen molar-refractivity contribution < 1.29 is 4.42 Å². The molecule has 0 bridgehead atoms. The average Bonchev–Trinajstić information content (AvgIpc) is 2.81. The van der Waals surface area contributed by atoms with Crippen molar-refractivity contribution in [1.29, 1.82) is 0 Å². The maximum absolute atomic E-state index is 5.36. The molecule has 0 aliphatic carbocycles. The minimum Gasteiger partial charge on any atom is -0.420 e. The number of rotatable bonds is 1. The average molecular weight is 219 g/mol. The molecule has 16 heavy (non-hydrogen) atoms. The van der Waals surface area contributed by atoms with Crippen LogP contribution in [-0.2, 0) is 13.1 Å². The van der Waals surface area contributed by atoms with E-state index >= 15 is 0 Å². The van der Waals surface area contributed by atoms with Gasteiger partial charge in [-0.3, -0.25) is 4.68 Å². The number of hydrogen-bond acceptors (Lipinski definition) is 5. The summed E-state index contributed by atoms with van der Waals surface area (Å²) < 4.78 is 7.37. The van der Waals surface area contributed by atoms with E-state index in [0.29, 0.717) is 11.8 Å². The van der Waals surface area contributed by atoms with Crippen LogP contribution in [0.2, 0.25) is 0 Å². The van der Waals surface area contributed by atoms with Crippen LogP contribution in [0.25, 0.3) is 11.6 Å². The van der Waals surface area contributed by atoms with Crippen LogP contribution in [0.3, 0.4) is 0 Å². The molecule has 1 N–H and O–H groups in total. The molecule has 0 saturated carbocycles. The first kappa shape index (κ1) is 9.53. The smallest absolute Gasteiger partial charge is 0.268 e. The first-order valence-corrected chi connectivity index (χ1v) is 5.41. The van der Waals surface area contributed by atoms with Crippen LogP contribution in [0.1, 0.15) is 18.0 Å². The highest BCUT2D eigenvalue weighted by Gasteiger charge is 2.15. The molecular formula is C10H13N5O. The molecule has 84 valence electrons. The molecule has 3 heterocycles. The van der Waals surface area contributed by atoms with E-state index in [-0.39, 0.29) is 0 Å². The normalized spacial score (nSPS) is 15.8. The Morgan fingerprint density at radius 1 is 1.44 bits per heavy atom. The largest absolute Gasteiger partial charge is 0.420 e. The number of nitrogens with zero attached hydrogens (tertiary/aromatic N) is 4. The van der Waals surface area contributed by atoms with Gasteiger partial charge in [-0.25, -0.2) is 0 Å². The predicted octanol–water partition coefficient (Wildman–Crippen LogP) is 0.735. The van der Waals surface area contributed by atoms with E-state index in [4.69, 9.17) is 4.42 Å². The molecule has 0 unspecified atom stereocenters. The highest BCUT2D eigenvalue weighted by Crippen LogP contribution is 2.18. The van der Waals surface area contributed by atoms with Crippen LogP contribution < -0.4 is 5.32 Å². The number of aromatic nitrogens is 4. The molecule has 3 rings (SSSR count). The van der Waals surface area contributed by atoms with E-state index in [0.717, 1.165) is 31.7 Å². The lowest BCUT2D eigenvalue weighted by molar-refractivity contribution is 0.526. The van der Waals surface area contributed by atoms with Gasteiger partial charge in [-0.05, 0) is 19.0 Å². The second-order valence-electron chi connectivity index (χ2n) is 3.90. The van der Waals surface area contributed by atoms with Crippen LogP contribution in [0.4, 0.5) is 0 Å². The van der Waals surface area contributed by atoms with Crippen molar-refractivity contribution in [3.63, 3.8) is 0 Å². The summed E-state index contributed by atoms with van der Waals surface area (Å²) in [6, 6.07) is 2.01. The third kappa shape index (κ3) is 1.61. The molecule has 0 spiro atoms. The summed E-state index contributed by atoms with van der Waals surface area (Å²) in [4.78, 5) is 0. The van der Waals surface area contributed by atoms with Crippen LogP contribution in [0.15, 0.2) is 10.5 Å². The lowest BCUT2D eigenvalue weighted by Crippen LogP contribution is -2.11. The Bertz CT molecular complexity index is 478. The molecule has 0 fully saturated rings.